The lowest BCUT2D eigenvalue weighted by Crippen LogP contribution is -2.19. The first-order valence-electron chi connectivity index (χ1n) is 6.34. The van der Waals surface area contributed by atoms with Crippen molar-refractivity contribution in [3.05, 3.63) is 0 Å². The van der Waals surface area contributed by atoms with E-state index in [0.29, 0.717) is 6.61 Å². The van der Waals surface area contributed by atoms with E-state index < -0.39 is 18.3 Å². The molecule has 0 aromatic heterocycles. The molecule has 0 bridgehead atoms. The van der Waals surface area contributed by atoms with E-state index in [2.05, 4.69) is 0 Å². The van der Waals surface area contributed by atoms with Gasteiger partial charge in [-0.1, -0.05) is 0 Å². The van der Waals surface area contributed by atoms with Crippen molar-refractivity contribution < 1.29 is 40.5 Å². The minimum atomic E-state index is -0.954. The highest BCUT2D eigenvalue weighted by atomic mass is 16.5. The van der Waals surface area contributed by atoms with Crippen LogP contribution in [-0.4, -0.2) is 93.2 Å². The van der Waals surface area contributed by atoms with Crippen LogP contribution < -0.4 is 0 Å². The Morgan fingerprint density at radius 1 is 0.700 bits per heavy atom. The van der Waals surface area contributed by atoms with Gasteiger partial charge in [-0.15, -0.1) is 0 Å². The van der Waals surface area contributed by atoms with Crippen LogP contribution in [0.5, 0.6) is 0 Å². The molecule has 0 aromatic rings. The first kappa shape index (κ1) is 24.7. The zero-order valence-corrected chi connectivity index (χ0v) is 12.4. The number of aliphatic hydroxyl groups is 7. The Bertz CT molecular complexity index is 162. The van der Waals surface area contributed by atoms with E-state index in [4.69, 9.17) is 40.5 Å². The molecule has 0 aliphatic rings. The van der Waals surface area contributed by atoms with Gasteiger partial charge in [-0.2, -0.15) is 0 Å². The van der Waals surface area contributed by atoms with Gasteiger partial charge in [0.2, 0.25) is 0 Å². The predicted molar refractivity (Wildman–Crippen MR) is 73.1 cm³/mol. The Kier molecular flexibility index (Phi) is 23.1. The summed E-state index contributed by atoms with van der Waals surface area (Å²) < 4.78 is 4.95. The molecule has 0 aromatic carbocycles. The summed E-state index contributed by atoms with van der Waals surface area (Å²) in [7, 11) is 0. The van der Waals surface area contributed by atoms with Gasteiger partial charge in [-0.25, -0.2) is 0 Å². The van der Waals surface area contributed by atoms with Crippen LogP contribution in [0.15, 0.2) is 0 Å². The second kappa shape index (κ2) is 18.7. The van der Waals surface area contributed by atoms with Crippen LogP contribution in [0.25, 0.3) is 0 Å². The molecule has 20 heavy (non-hydrogen) atoms. The van der Waals surface area contributed by atoms with E-state index >= 15 is 0 Å². The van der Waals surface area contributed by atoms with Crippen LogP contribution in [-0.2, 0) is 4.74 Å². The zero-order chi connectivity index (χ0) is 16.6. The molecule has 0 radical (unpaired) electrons. The molecule has 0 fully saturated rings. The van der Waals surface area contributed by atoms with E-state index in [1.54, 1.807) is 13.8 Å². The Labute approximate surface area is 119 Å². The summed E-state index contributed by atoms with van der Waals surface area (Å²) in [6.45, 7) is 4.36. The van der Waals surface area contributed by atoms with Gasteiger partial charge in [0.15, 0.2) is 0 Å². The molecule has 0 amide bonds. The molecule has 0 heterocycles. The third-order valence-electron chi connectivity index (χ3n) is 1.56. The van der Waals surface area contributed by atoms with E-state index in [0.717, 1.165) is 0 Å². The molecule has 8 nitrogen and oxygen atoms in total. The number of ether oxygens (including phenoxy) is 1. The average Bonchev–Trinajstić information content (AvgIpc) is 2.44. The lowest BCUT2D eigenvalue weighted by molar-refractivity contribution is -0.0177. The van der Waals surface area contributed by atoms with Crippen LogP contribution in [0.4, 0.5) is 0 Å². The molecular formula is C12H30O8. The molecular weight excluding hydrogens is 272 g/mol. The van der Waals surface area contributed by atoms with E-state index in [9.17, 15) is 0 Å². The Balaban J connectivity index is -0.000000230. The van der Waals surface area contributed by atoms with Crippen molar-refractivity contribution in [2.75, 3.05) is 33.0 Å². The summed E-state index contributed by atoms with van der Waals surface area (Å²) in [6.07, 6.45) is -2.13. The van der Waals surface area contributed by atoms with E-state index in [1.807, 2.05) is 0 Å². The number of aliphatic hydroxyl groups excluding tert-OH is 7. The molecule has 0 aliphatic carbocycles. The minimum absolute atomic E-state index is 0.00667. The molecule has 8 heteroatoms. The van der Waals surface area contributed by atoms with E-state index in [-0.39, 0.29) is 32.5 Å². The molecule has 0 rings (SSSR count). The summed E-state index contributed by atoms with van der Waals surface area (Å²) >= 11 is 0. The largest absolute Gasteiger partial charge is 0.394 e. The van der Waals surface area contributed by atoms with Gasteiger partial charge >= 0.3 is 0 Å². The lowest BCUT2D eigenvalue weighted by Gasteiger charge is -2.10. The van der Waals surface area contributed by atoms with Gasteiger partial charge in [0.1, 0.15) is 6.10 Å². The van der Waals surface area contributed by atoms with Crippen LogP contribution in [0.3, 0.4) is 0 Å². The molecule has 7 N–H and O–H groups in total. The molecule has 3 unspecified atom stereocenters. The first-order chi connectivity index (χ1) is 9.24. The van der Waals surface area contributed by atoms with Crippen LogP contribution in [0.2, 0.25) is 0 Å². The predicted octanol–water partition coefficient (Wildman–Crippen LogP) is -2.54. The molecule has 0 saturated carbocycles. The van der Waals surface area contributed by atoms with Crippen molar-refractivity contribution in [3.63, 3.8) is 0 Å². The Hall–Kier alpha value is -0.320. The summed E-state index contributed by atoms with van der Waals surface area (Å²) in [5, 5.41) is 57.2. The number of rotatable bonds is 7. The fourth-order valence-corrected chi connectivity index (χ4v) is 0.414. The average molecular weight is 302 g/mol. The van der Waals surface area contributed by atoms with Gasteiger partial charge in [-0.05, 0) is 20.8 Å². The number of hydrogen-bond acceptors (Lipinski definition) is 8. The van der Waals surface area contributed by atoms with Crippen LogP contribution in [0.1, 0.15) is 20.8 Å². The molecule has 0 saturated heterocycles. The third-order valence-corrected chi connectivity index (χ3v) is 1.56. The third kappa shape index (κ3) is 30.6. The van der Waals surface area contributed by atoms with Gasteiger partial charge in [0.05, 0.1) is 51.3 Å². The van der Waals surface area contributed by atoms with Crippen molar-refractivity contribution in [1.82, 2.24) is 0 Å². The monoisotopic (exact) mass is 302 g/mol. The maximum atomic E-state index is 8.69. The van der Waals surface area contributed by atoms with Gasteiger partial charge < -0.3 is 40.5 Å². The summed E-state index contributed by atoms with van der Waals surface area (Å²) in [5.74, 6) is 0. The fraction of sp³-hybridized carbons (Fsp3) is 1.00. The number of hydrogen-bond donors (Lipinski definition) is 7. The smallest absolute Gasteiger partial charge is 0.100 e. The minimum Gasteiger partial charge on any atom is -0.394 e. The topological polar surface area (TPSA) is 151 Å². The highest BCUT2D eigenvalue weighted by Gasteiger charge is 2.00. The highest BCUT2D eigenvalue weighted by molar-refractivity contribution is 4.47. The molecule has 3 atom stereocenters. The zero-order valence-electron chi connectivity index (χ0n) is 12.4. The van der Waals surface area contributed by atoms with Gasteiger partial charge in [0, 0.05) is 0 Å². The lowest BCUT2D eigenvalue weighted by atomic mass is 10.4. The maximum absolute atomic E-state index is 8.69. The molecule has 0 spiro atoms. The van der Waals surface area contributed by atoms with Crippen molar-refractivity contribution in [1.29, 1.82) is 0 Å². The standard InChI is InChI=1S/C6H14O3.C3H8O3.C3H8O2/c1-5(8)4-9-6(2)3-7;4-1-3(6)2-5;1-3(5)2-4/h5-8H,3-4H2,1-2H3;3-6H,1-2H2;3-5H,2H2,1H3. The van der Waals surface area contributed by atoms with Crippen LogP contribution >= 0.6 is 0 Å². The second-order valence-electron chi connectivity index (χ2n) is 4.23. The SMILES string of the molecule is CC(O)CO.CC(O)COC(C)CO.OCC(O)CO. The first-order valence-corrected chi connectivity index (χ1v) is 6.34. The highest BCUT2D eigenvalue weighted by Crippen LogP contribution is 1.90. The van der Waals surface area contributed by atoms with Crippen molar-refractivity contribution in [2.24, 2.45) is 0 Å². The maximum Gasteiger partial charge on any atom is 0.100 e. The van der Waals surface area contributed by atoms with Crippen molar-refractivity contribution >= 4 is 0 Å². The summed E-state index contributed by atoms with van der Waals surface area (Å²) in [5.41, 5.74) is 0. The normalized spacial score (nSPS) is 14.6. The second-order valence-corrected chi connectivity index (χ2v) is 4.23. The summed E-state index contributed by atoms with van der Waals surface area (Å²) in [6, 6.07) is 0. The van der Waals surface area contributed by atoms with Crippen molar-refractivity contribution in [3.8, 4) is 0 Å². The van der Waals surface area contributed by atoms with Gasteiger partial charge in [0.25, 0.3) is 0 Å². The quantitative estimate of drug-likeness (QED) is 0.272. The Morgan fingerprint density at radius 3 is 1.25 bits per heavy atom. The van der Waals surface area contributed by atoms with Crippen LogP contribution in [0, 0.1) is 0 Å². The Morgan fingerprint density at radius 2 is 1.10 bits per heavy atom. The molecule has 126 valence electrons. The van der Waals surface area contributed by atoms with E-state index in [1.165, 1.54) is 6.92 Å². The molecule has 0 aliphatic heterocycles. The van der Waals surface area contributed by atoms with Gasteiger partial charge in [-0.3, -0.25) is 0 Å². The fourth-order valence-electron chi connectivity index (χ4n) is 0.414. The summed E-state index contributed by atoms with van der Waals surface area (Å²) in [4.78, 5) is 0. The van der Waals surface area contributed by atoms with Crippen molar-refractivity contribution in [2.45, 2.75) is 45.2 Å².